The van der Waals surface area contributed by atoms with E-state index in [0.29, 0.717) is 5.56 Å². The molecule has 98 valence electrons. The van der Waals surface area contributed by atoms with Gasteiger partial charge in [0, 0.05) is 11.1 Å². The monoisotopic (exact) mass is 262 g/mol. The molecule has 2 aromatic rings. The van der Waals surface area contributed by atoms with E-state index in [0.717, 1.165) is 11.1 Å². The molecule has 2 nitrogen and oxygen atoms in total. The third kappa shape index (κ3) is 3.93. The van der Waals surface area contributed by atoms with Crippen LogP contribution < -0.4 is 0 Å². The quantitative estimate of drug-likeness (QED) is 0.483. The first-order valence-corrected chi connectivity index (χ1v) is 6.35. The Morgan fingerprint density at radius 1 is 0.950 bits per heavy atom. The lowest BCUT2D eigenvalue weighted by Gasteiger charge is -1.98. The predicted octanol–water partition coefficient (Wildman–Crippen LogP) is 3.19. The van der Waals surface area contributed by atoms with Crippen molar-refractivity contribution in [3.8, 4) is 11.8 Å². The lowest BCUT2D eigenvalue weighted by atomic mass is 10.0. The average molecular weight is 262 g/mol. The Labute approximate surface area is 118 Å². The number of carbonyl (C=O) groups excluding carboxylic acids is 2. The van der Waals surface area contributed by atoms with E-state index in [1.54, 1.807) is 12.1 Å². The zero-order chi connectivity index (χ0) is 14.4. The summed E-state index contributed by atoms with van der Waals surface area (Å²) in [4.78, 5) is 23.6. The zero-order valence-electron chi connectivity index (χ0n) is 11.2. The van der Waals surface area contributed by atoms with Crippen LogP contribution in [0.25, 0.3) is 0 Å². The van der Waals surface area contributed by atoms with Gasteiger partial charge in [-0.2, -0.15) is 0 Å². The van der Waals surface area contributed by atoms with Crippen molar-refractivity contribution in [2.24, 2.45) is 0 Å². The van der Waals surface area contributed by atoms with E-state index in [2.05, 4.69) is 11.8 Å². The minimum absolute atomic E-state index is 0.178. The van der Waals surface area contributed by atoms with Gasteiger partial charge in [-0.3, -0.25) is 9.59 Å². The first-order valence-electron chi connectivity index (χ1n) is 6.35. The van der Waals surface area contributed by atoms with E-state index in [1.165, 1.54) is 0 Å². The smallest absolute Gasteiger partial charge is 0.213 e. The lowest BCUT2D eigenvalue weighted by molar-refractivity contribution is -0.113. The fourth-order valence-electron chi connectivity index (χ4n) is 1.69. The van der Waals surface area contributed by atoms with Crippen LogP contribution in [-0.2, 0) is 4.79 Å². The van der Waals surface area contributed by atoms with E-state index in [9.17, 15) is 9.59 Å². The van der Waals surface area contributed by atoms with Crippen LogP contribution in [0.2, 0.25) is 0 Å². The summed E-state index contributed by atoms with van der Waals surface area (Å²) in [6.07, 6.45) is -0.178. The number of Topliss-reactive ketones (excluding diaryl/α,β-unsaturated/α-hetero) is 2. The molecule has 0 bridgehead atoms. The van der Waals surface area contributed by atoms with Crippen LogP contribution in [0, 0.1) is 18.8 Å². The van der Waals surface area contributed by atoms with Crippen LogP contribution in [0.3, 0.4) is 0 Å². The third-order valence-corrected chi connectivity index (χ3v) is 2.81. The number of hydrogen-bond donors (Lipinski definition) is 0. The molecule has 0 radical (unpaired) electrons. The lowest BCUT2D eigenvalue weighted by Crippen LogP contribution is -2.06. The van der Waals surface area contributed by atoms with Crippen molar-refractivity contribution >= 4 is 11.6 Å². The van der Waals surface area contributed by atoms with Crippen LogP contribution in [0.15, 0.2) is 54.6 Å². The number of benzene rings is 2. The average Bonchev–Trinajstić information content (AvgIpc) is 2.47. The maximum atomic E-state index is 11.9. The highest BCUT2D eigenvalue weighted by Crippen LogP contribution is 2.06. The van der Waals surface area contributed by atoms with Gasteiger partial charge in [0.25, 0.3) is 0 Å². The molecule has 0 amide bonds. The summed E-state index contributed by atoms with van der Waals surface area (Å²) in [5.41, 5.74) is 2.39. The normalized spacial score (nSPS) is 9.45. The molecule has 0 aliphatic carbocycles. The molecule has 0 heterocycles. The summed E-state index contributed by atoms with van der Waals surface area (Å²) in [5.74, 6) is 4.70. The Morgan fingerprint density at radius 3 is 2.25 bits per heavy atom. The fraction of sp³-hybridized carbons (Fsp3) is 0.111. The second-order valence-corrected chi connectivity index (χ2v) is 4.51. The minimum Gasteiger partial charge on any atom is -0.294 e. The van der Waals surface area contributed by atoms with Gasteiger partial charge in [-0.25, -0.2) is 0 Å². The van der Waals surface area contributed by atoms with E-state index >= 15 is 0 Å². The van der Waals surface area contributed by atoms with Gasteiger partial charge in [-0.1, -0.05) is 53.9 Å². The third-order valence-electron chi connectivity index (χ3n) is 2.81. The first-order chi connectivity index (χ1) is 9.65. The highest BCUT2D eigenvalue weighted by Gasteiger charge is 2.09. The van der Waals surface area contributed by atoms with E-state index in [4.69, 9.17) is 0 Å². The topological polar surface area (TPSA) is 34.1 Å². The number of ketones is 2. The van der Waals surface area contributed by atoms with Crippen LogP contribution in [0.5, 0.6) is 0 Å². The number of hydrogen-bond acceptors (Lipinski definition) is 2. The van der Waals surface area contributed by atoms with Crippen molar-refractivity contribution in [2.45, 2.75) is 13.3 Å². The van der Waals surface area contributed by atoms with E-state index in [1.807, 2.05) is 49.4 Å². The molecule has 0 saturated carbocycles. The Balaban J connectivity index is 2.00. The fourth-order valence-corrected chi connectivity index (χ4v) is 1.69. The zero-order valence-corrected chi connectivity index (χ0v) is 11.2. The minimum atomic E-state index is -0.362. The standard InChI is InChI=1S/C18H14O2/c1-14-7-10-16(11-8-14)18(20)13-17(19)12-9-15-5-3-2-4-6-15/h2-8,10-11H,13H2,1H3. The molecular weight excluding hydrogens is 248 g/mol. The van der Waals surface area contributed by atoms with Crippen LogP contribution in [0.4, 0.5) is 0 Å². The molecule has 2 heteroatoms. The molecule has 0 fully saturated rings. The van der Waals surface area contributed by atoms with Gasteiger partial charge in [-0.15, -0.1) is 0 Å². The highest BCUT2D eigenvalue weighted by atomic mass is 16.1. The Kier molecular flexibility index (Phi) is 4.47. The Bertz CT molecular complexity index is 671. The summed E-state index contributed by atoms with van der Waals surface area (Å²) < 4.78 is 0. The summed E-state index contributed by atoms with van der Waals surface area (Å²) in [6.45, 7) is 1.95. The highest BCUT2D eigenvalue weighted by molar-refractivity contribution is 6.13. The van der Waals surface area contributed by atoms with Crippen molar-refractivity contribution < 1.29 is 9.59 Å². The van der Waals surface area contributed by atoms with Crippen molar-refractivity contribution in [3.63, 3.8) is 0 Å². The van der Waals surface area contributed by atoms with Gasteiger partial charge in [0.2, 0.25) is 5.78 Å². The number of aryl methyl sites for hydroxylation is 1. The van der Waals surface area contributed by atoms with Crippen molar-refractivity contribution in [1.82, 2.24) is 0 Å². The summed E-state index contributed by atoms with van der Waals surface area (Å²) >= 11 is 0. The number of carbonyl (C=O) groups is 2. The first kappa shape index (κ1) is 13.8. The molecule has 0 saturated heterocycles. The largest absolute Gasteiger partial charge is 0.294 e. The Hall–Kier alpha value is -2.66. The summed E-state index contributed by atoms with van der Waals surface area (Å²) in [5, 5.41) is 0. The Morgan fingerprint density at radius 2 is 1.60 bits per heavy atom. The van der Waals surface area contributed by atoms with Gasteiger partial charge < -0.3 is 0 Å². The molecule has 0 aliphatic rings. The SMILES string of the molecule is Cc1ccc(C(=O)CC(=O)C#Cc2ccccc2)cc1. The van der Waals surface area contributed by atoms with Crippen molar-refractivity contribution in [1.29, 1.82) is 0 Å². The van der Waals surface area contributed by atoms with Crippen molar-refractivity contribution in [2.75, 3.05) is 0 Å². The van der Waals surface area contributed by atoms with E-state index in [-0.39, 0.29) is 18.0 Å². The maximum absolute atomic E-state index is 11.9. The molecular formula is C18H14O2. The van der Waals surface area contributed by atoms with Crippen LogP contribution >= 0.6 is 0 Å². The van der Waals surface area contributed by atoms with Gasteiger partial charge in [0.05, 0.1) is 6.42 Å². The molecule has 2 rings (SSSR count). The van der Waals surface area contributed by atoms with Gasteiger partial charge >= 0.3 is 0 Å². The second kappa shape index (κ2) is 6.49. The van der Waals surface area contributed by atoms with Gasteiger partial charge in [-0.05, 0) is 25.0 Å². The molecule has 2 aromatic carbocycles. The summed E-state index contributed by atoms with van der Waals surface area (Å²) in [6, 6.07) is 16.4. The van der Waals surface area contributed by atoms with E-state index < -0.39 is 0 Å². The van der Waals surface area contributed by atoms with Crippen molar-refractivity contribution in [3.05, 3.63) is 71.3 Å². The van der Waals surface area contributed by atoms with Gasteiger partial charge in [0.15, 0.2) is 5.78 Å². The number of rotatable bonds is 3. The molecule has 0 N–H and O–H groups in total. The maximum Gasteiger partial charge on any atom is 0.213 e. The molecule has 0 unspecified atom stereocenters. The van der Waals surface area contributed by atoms with Gasteiger partial charge in [0.1, 0.15) is 0 Å². The molecule has 0 aromatic heterocycles. The van der Waals surface area contributed by atoms with Crippen LogP contribution in [-0.4, -0.2) is 11.6 Å². The molecule has 20 heavy (non-hydrogen) atoms. The molecule has 0 atom stereocenters. The van der Waals surface area contributed by atoms with Crippen LogP contribution in [0.1, 0.15) is 27.9 Å². The second-order valence-electron chi connectivity index (χ2n) is 4.51. The summed E-state index contributed by atoms with van der Waals surface area (Å²) in [7, 11) is 0. The molecule has 0 aliphatic heterocycles. The predicted molar refractivity (Wildman–Crippen MR) is 78.5 cm³/mol. The molecule has 0 spiro atoms.